The van der Waals surface area contributed by atoms with Gasteiger partial charge in [0, 0.05) is 19.2 Å². The first-order valence-electron chi connectivity index (χ1n) is 6.68. The van der Waals surface area contributed by atoms with Gasteiger partial charge in [0.2, 0.25) is 0 Å². The van der Waals surface area contributed by atoms with Crippen molar-refractivity contribution in [1.29, 1.82) is 0 Å². The fourth-order valence-electron chi connectivity index (χ4n) is 2.35. The molecule has 0 bridgehead atoms. The van der Waals surface area contributed by atoms with Crippen LogP contribution in [0.25, 0.3) is 0 Å². The minimum Gasteiger partial charge on any atom is -0.374 e. The summed E-state index contributed by atoms with van der Waals surface area (Å²) in [5.41, 5.74) is 0.0835. The monoisotopic (exact) mass is 225 g/mol. The van der Waals surface area contributed by atoms with Crippen LogP contribution in [0.3, 0.4) is 0 Å². The molecule has 1 aliphatic rings. The van der Waals surface area contributed by atoms with E-state index in [9.17, 15) is 0 Å². The van der Waals surface area contributed by atoms with Gasteiger partial charge in [-0.15, -0.1) is 6.58 Å². The average Bonchev–Trinajstić information content (AvgIpc) is 2.70. The molecule has 0 spiro atoms. The van der Waals surface area contributed by atoms with Gasteiger partial charge in [0.05, 0.1) is 5.60 Å². The van der Waals surface area contributed by atoms with E-state index in [0.717, 1.165) is 19.6 Å². The second kappa shape index (κ2) is 7.08. The largest absolute Gasteiger partial charge is 0.374 e. The van der Waals surface area contributed by atoms with Crippen LogP contribution in [0.2, 0.25) is 0 Å². The molecule has 0 aromatic heterocycles. The van der Waals surface area contributed by atoms with Crippen molar-refractivity contribution >= 4 is 0 Å². The van der Waals surface area contributed by atoms with Crippen molar-refractivity contribution in [2.24, 2.45) is 0 Å². The summed E-state index contributed by atoms with van der Waals surface area (Å²) in [5.74, 6) is 0. The molecule has 1 N–H and O–H groups in total. The molecule has 2 nitrogen and oxygen atoms in total. The third-order valence-corrected chi connectivity index (χ3v) is 3.42. The molecule has 0 saturated carbocycles. The summed E-state index contributed by atoms with van der Waals surface area (Å²) in [6.45, 7) is 10.2. The molecule has 1 rings (SSSR count). The number of hydrogen-bond acceptors (Lipinski definition) is 2. The van der Waals surface area contributed by atoms with E-state index in [1.807, 2.05) is 6.08 Å². The Hall–Kier alpha value is -0.340. The van der Waals surface area contributed by atoms with E-state index in [1.165, 1.54) is 32.1 Å². The number of ether oxygens (including phenoxy) is 1. The first-order chi connectivity index (χ1) is 7.70. The van der Waals surface area contributed by atoms with Crippen molar-refractivity contribution in [3.05, 3.63) is 12.7 Å². The maximum Gasteiger partial charge on any atom is 0.0779 e. The summed E-state index contributed by atoms with van der Waals surface area (Å²) in [4.78, 5) is 0. The molecule has 0 aliphatic carbocycles. The van der Waals surface area contributed by atoms with Crippen LogP contribution in [0, 0.1) is 0 Å². The second-order valence-electron chi connectivity index (χ2n) is 5.13. The van der Waals surface area contributed by atoms with Crippen LogP contribution in [0.15, 0.2) is 12.7 Å². The molecule has 2 heteroatoms. The molecule has 1 fully saturated rings. The number of hydrogen-bond donors (Lipinski definition) is 1. The first kappa shape index (κ1) is 13.7. The molecular formula is C14H27NO. The molecule has 0 radical (unpaired) electrons. The number of allylic oxidation sites excluding steroid dienone is 1. The maximum atomic E-state index is 5.79. The average molecular weight is 225 g/mol. The highest BCUT2D eigenvalue weighted by Gasteiger charge is 2.29. The predicted octanol–water partition coefficient (Wildman–Crippen LogP) is 3.28. The van der Waals surface area contributed by atoms with E-state index < -0.39 is 0 Å². The summed E-state index contributed by atoms with van der Waals surface area (Å²) in [6.07, 6.45) is 9.22. The van der Waals surface area contributed by atoms with E-state index >= 15 is 0 Å². The zero-order valence-corrected chi connectivity index (χ0v) is 10.9. The summed E-state index contributed by atoms with van der Waals surface area (Å²) >= 11 is 0. The zero-order valence-electron chi connectivity index (χ0n) is 10.9. The molecule has 1 heterocycles. The van der Waals surface area contributed by atoms with Crippen molar-refractivity contribution in [2.45, 2.75) is 64.0 Å². The predicted molar refractivity (Wildman–Crippen MR) is 69.7 cm³/mol. The molecule has 1 aliphatic heterocycles. The Morgan fingerprint density at radius 2 is 2.31 bits per heavy atom. The van der Waals surface area contributed by atoms with Crippen molar-refractivity contribution in [2.75, 3.05) is 13.2 Å². The standard InChI is InChI=1S/C14H27NO/c1-4-6-9-13(8-5-2)15-12-14(3)10-7-11-16-14/h4,13,15H,1,5-12H2,2-3H3. The second-order valence-corrected chi connectivity index (χ2v) is 5.13. The molecule has 16 heavy (non-hydrogen) atoms. The molecule has 2 unspecified atom stereocenters. The lowest BCUT2D eigenvalue weighted by molar-refractivity contribution is 0.0183. The Morgan fingerprint density at radius 1 is 1.50 bits per heavy atom. The Bertz CT molecular complexity index is 197. The van der Waals surface area contributed by atoms with Gasteiger partial charge in [-0.1, -0.05) is 19.4 Å². The Kier molecular flexibility index (Phi) is 6.07. The molecule has 2 atom stereocenters. The minimum absolute atomic E-state index is 0.0835. The van der Waals surface area contributed by atoms with Crippen molar-refractivity contribution in [3.8, 4) is 0 Å². The normalized spacial score (nSPS) is 26.9. The van der Waals surface area contributed by atoms with Crippen molar-refractivity contribution in [3.63, 3.8) is 0 Å². The van der Waals surface area contributed by atoms with Crippen LogP contribution >= 0.6 is 0 Å². The topological polar surface area (TPSA) is 21.3 Å². The lowest BCUT2D eigenvalue weighted by Gasteiger charge is -2.27. The van der Waals surface area contributed by atoms with E-state index in [0.29, 0.717) is 6.04 Å². The van der Waals surface area contributed by atoms with E-state index in [1.54, 1.807) is 0 Å². The lowest BCUT2D eigenvalue weighted by Crippen LogP contribution is -2.42. The number of nitrogens with one attached hydrogen (secondary N) is 1. The first-order valence-corrected chi connectivity index (χ1v) is 6.68. The van der Waals surface area contributed by atoms with Gasteiger partial charge in [0.25, 0.3) is 0 Å². The van der Waals surface area contributed by atoms with Gasteiger partial charge in [-0.3, -0.25) is 0 Å². The third-order valence-electron chi connectivity index (χ3n) is 3.42. The van der Waals surface area contributed by atoms with Crippen LogP contribution in [-0.4, -0.2) is 24.8 Å². The van der Waals surface area contributed by atoms with Crippen LogP contribution in [0.4, 0.5) is 0 Å². The van der Waals surface area contributed by atoms with Gasteiger partial charge in [-0.25, -0.2) is 0 Å². The van der Waals surface area contributed by atoms with E-state index in [2.05, 4.69) is 25.7 Å². The summed E-state index contributed by atoms with van der Waals surface area (Å²) in [7, 11) is 0. The summed E-state index contributed by atoms with van der Waals surface area (Å²) in [6, 6.07) is 0.629. The van der Waals surface area contributed by atoms with Crippen LogP contribution < -0.4 is 5.32 Å². The van der Waals surface area contributed by atoms with E-state index in [4.69, 9.17) is 4.74 Å². The highest BCUT2D eigenvalue weighted by molar-refractivity contribution is 4.84. The summed E-state index contributed by atoms with van der Waals surface area (Å²) < 4.78 is 5.79. The Morgan fingerprint density at radius 3 is 2.88 bits per heavy atom. The lowest BCUT2D eigenvalue weighted by atomic mass is 10.0. The van der Waals surface area contributed by atoms with Gasteiger partial charge < -0.3 is 10.1 Å². The zero-order chi connectivity index (χ0) is 11.9. The van der Waals surface area contributed by atoms with Crippen molar-refractivity contribution in [1.82, 2.24) is 5.32 Å². The molecule has 0 aromatic rings. The van der Waals surface area contributed by atoms with Crippen molar-refractivity contribution < 1.29 is 4.74 Å². The quantitative estimate of drug-likeness (QED) is 0.640. The molecule has 0 aromatic carbocycles. The van der Waals surface area contributed by atoms with Gasteiger partial charge in [0.15, 0.2) is 0 Å². The number of rotatable bonds is 8. The third kappa shape index (κ3) is 4.67. The van der Waals surface area contributed by atoms with Crippen LogP contribution in [0.5, 0.6) is 0 Å². The SMILES string of the molecule is C=CCCC(CCC)NCC1(C)CCCO1. The highest BCUT2D eigenvalue weighted by atomic mass is 16.5. The summed E-state index contributed by atoms with van der Waals surface area (Å²) in [5, 5.41) is 3.67. The maximum absolute atomic E-state index is 5.79. The molecular weight excluding hydrogens is 198 g/mol. The van der Waals surface area contributed by atoms with Gasteiger partial charge in [0.1, 0.15) is 0 Å². The smallest absolute Gasteiger partial charge is 0.0779 e. The molecule has 1 saturated heterocycles. The van der Waals surface area contributed by atoms with Crippen LogP contribution in [0.1, 0.15) is 52.4 Å². The fraction of sp³-hybridized carbons (Fsp3) is 0.857. The van der Waals surface area contributed by atoms with Gasteiger partial charge in [-0.05, 0) is 39.0 Å². The van der Waals surface area contributed by atoms with Gasteiger partial charge >= 0.3 is 0 Å². The van der Waals surface area contributed by atoms with Crippen LogP contribution in [-0.2, 0) is 4.74 Å². The molecule has 94 valence electrons. The fourth-order valence-corrected chi connectivity index (χ4v) is 2.35. The highest BCUT2D eigenvalue weighted by Crippen LogP contribution is 2.24. The van der Waals surface area contributed by atoms with E-state index in [-0.39, 0.29) is 5.60 Å². The molecule has 0 amide bonds. The van der Waals surface area contributed by atoms with Gasteiger partial charge in [-0.2, -0.15) is 0 Å². The Labute approximate surface area is 100 Å². The minimum atomic E-state index is 0.0835. The Balaban J connectivity index is 2.27.